The summed E-state index contributed by atoms with van der Waals surface area (Å²) in [5.41, 5.74) is 0. The van der Waals surface area contributed by atoms with Crippen LogP contribution >= 0.6 is 0 Å². The number of hydrogen-bond donors (Lipinski definition) is 0. The van der Waals surface area contributed by atoms with Gasteiger partial charge in [0.2, 0.25) is 0 Å². The van der Waals surface area contributed by atoms with Crippen molar-refractivity contribution in [2.45, 2.75) is 32.2 Å². The van der Waals surface area contributed by atoms with Crippen LogP contribution in [0.5, 0.6) is 0 Å². The Bertz CT molecular complexity index is 147. The number of rotatable bonds is 6. The number of ether oxygens (including phenoxy) is 1. The third-order valence-electron chi connectivity index (χ3n) is 2.62. The Hall–Kier alpha value is -0.340. The van der Waals surface area contributed by atoms with E-state index in [-0.39, 0.29) is 0 Å². The highest BCUT2D eigenvalue weighted by Crippen LogP contribution is 2.17. The van der Waals surface area contributed by atoms with Crippen molar-refractivity contribution in [3.05, 3.63) is 12.7 Å². The molecule has 0 amide bonds. The molecule has 1 saturated heterocycles. The van der Waals surface area contributed by atoms with Gasteiger partial charge in [-0.1, -0.05) is 6.08 Å². The molecule has 2 nitrogen and oxygen atoms in total. The van der Waals surface area contributed by atoms with Gasteiger partial charge in [0.25, 0.3) is 0 Å². The standard InChI is InChI=1S/C11H21NO/c1-3-11-7-5-8-12(11)9-6-10-13-4-2/h3,11H,1,4-10H2,2H3/t11-/m1/s1. The van der Waals surface area contributed by atoms with Gasteiger partial charge < -0.3 is 4.74 Å². The third kappa shape index (κ3) is 3.49. The van der Waals surface area contributed by atoms with Gasteiger partial charge in [0.1, 0.15) is 0 Å². The zero-order valence-corrected chi connectivity index (χ0v) is 8.67. The van der Waals surface area contributed by atoms with Crippen molar-refractivity contribution in [3.8, 4) is 0 Å². The molecule has 1 heterocycles. The molecule has 1 fully saturated rings. The van der Waals surface area contributed by atoms with E-state index in [2.05, 4.69) is 17.6 Å². The van der Waals surface area contributed by atoms with E-state index in [1.165, 1.54) is 19.4 Å². The van der Waals surface area contributed by atoms with Gasteiger partial charge in [-0.05, 0) is 32.7 Å². The lowest BCUT2D eigenvalue weighted by Gasteiger charge is -2.21. The lowest BCUT2D eigenvalue weighted by molar-refractivity contribution is 0.132. The van der Waals surface area contributed by atoms with Gasteiger partial charge in [0.15, 0.2) is 0 Å². The van der Waals surface area contributed by atoms with Crippen molar-refractivity contribution in [1.29, 1.82) is 0 Å². The first-order chi connectivity index (χ1) is 6.38. The van der Waals surface area contributed by atoms with Crippen molar-refractivity contribution >= 4 is 0 Å². The molecule has 0 aromatic rings. The predicted octanol–water partition coefficient (Wildman–Crippen LogP) is 2.06. The molecule has 0 aromatic heterocycles. The molecule has 0 saturated carbocycles. The molecule has 1 atom stereocenters. The van der Waals surface area contributed by atoms with Crippen LogP contribution < -0.4 is 0 Å². The molecular formula is C11H21NO. The van der Waals surface area contributed by atoms with E-state index in [0.29, 0.717) is 6.04 Å². The highest BCUT2D eigenvalue weighted by Gasteiger charge is 2.20. The van der Waals surface area contributed by atoms with Gasteiger partial charge in [-0.3, -0.25) is 4.90 Å². The third-order valence-corrected chi connectivity index (χ3v) is 2.62. The van der Waals surface area contributed by atoms with Crippen molar-refractivity contribution in [2.75, 3.05) is 26.3 Å². The molecule has 1 aliphatic heterocycles. The molecule has 13 heavy (non-hydrogen) atoms. The Morgan fingerprint density at radius 1 is 1.62 bits per heavy atom. The highest BCUT2D eigenvalue weighted by molar-refractivity contribution is 4.91. The monoisotopic (exact) mass is 183 g/mol. The average Bonchev–Trinajstić information content (AvgIpc) is 2.60. The number of hydrogen-bond acceptors (Lipinski definition) is 2. The van der Waals surface area contributed by atoms with Crippen LogP contribution in [0, 0.1) is 0 Å². The van der Waals surface area contributed by atoms with Crippen molar-refractivity contribution < 1.29 is 4.74 Å². The summed E-state index contributed by atoms with van der Waals surface area (Å²) < 4.78 is 5.31. The fraction of sp³-hybridized carbons (Fsp3) is 0.818. The van der Waals surface area contributed by atoms with Gasteiger partial charge in [-0.25, -0.2) is 0 Å². The molecule has 76 valence electrons. The topological polar surface area (TPSA) is 12.5 Å². The predicted molar refractivity (Wildman–Crippen MR) is 55.9 cm³/mol. The maximum absolute atomic E-state index is 5.31. The van der Waals surface area contributed by atoms with Crippen molar-refractivity contribution in [3.63, 3.8) is 0 Å². The molecule has 0 N–H and O–H groups in total. The van der Waals surface area contributed by atoms with Crippen LogP contribution in [0.4, 0.5) is 0 Å². The van der Waals surface area contributed by atoms with E-state index in [4.69, 9.17) is 4.74 Å². The minimum atomic E-state index is 0.627. The molecule has 0 bridgehead atoms. The van der Waals surface area contributed by atoms with E-state index in [0.717, 1.165) is 26.2 Å². The SMILES string of the molecule is C=C[C@@H]1CCCN1CCCOCC. The first kappa shape index (κ1) is 10.7. The minimum Gasteiger partial charge on any atom is -0.382 e. The van der Waals surface area contributed by atoms with E-state index >= 15 is 0 Å². The van der Waals surface area contributed by atoms with Crippen LogP contribution in [0.25, 0.3) is 0 Å². The second-order valence-electron chi connectivity index (χ2n) is 3.53. The Morgan fingerprint density at radius 3 is 3.15 bits per heavy atom. The molecule has 0 aromatic carbocycles. The van der Waals surface area contributed by atoms with E-state index in [1.807, 2.05) is 6.92 Å². The second-order valence-corrected chi connectivity index (χ2v) is 3.53. The number of likely N-dealkylation sites (tertiary alicyclic amines) is 1. The summed E-state index contributed by atoms with van der Waals surface area (Å²) in [6, 6.07) is 0.627. The molecular weight excluding hydrogens is 162 g/mol. The first-order valence-corrected chi connectivity index (χ1v) is 5.32. The van der Waals surface area contributed by atoms with Gasteiger partial charge in [0.05, 0.1) is 0 Å². The lowest BCUT2D eigenvalue weighted by atomic mass is 10.2. The van der Waals surface area contributed by atoms with Gasteiger partial charge in [0, 0.05) is 25.8 Å². The summed E-state index contributed by atoms with van der Waals surface area (Å²) in [5, 5.41) is 0. The van der Waals surface area contributed by atoms with Crippen LogP contribution in [0.3, 0.4) is 0 Å². The fourth-order valence-electron chi connectivity index (χ4n) is 1.91. The zero-order chi connectivity index (χ0) is 9.52. The average molecular weight is 183 g/mol. The Balaban J connectivity index is 2.09. The molecule has 2 heteroatoms. The maximum Gasteiger partial charge on any atom is 0.0478 e. The normalized spacial score (nSPS) is 23.6. The Kier molecular flexibility index (Phi) is 5.09. The summed E-state index contributed by atoms with van der Waals surface area (Å²) in [5.74, 6) is 0. The minimum absolute atomic E-state index is 0.627. The Morgan fingerprint density at radius 2 is 2.46 bits per heavy atom. The zero-order valence-electron chi connectivity index (χ0n) is 8.67. The van der Waals surface area contributed by atoms with Gasteiger partial charge in [-0.2, -0.15) is 0 Å². The second kappa shape index (κ2) is 6.17. The van der Waals surface area contributed by atoms with E-state index in [9.17, 15) is 0 Å². The van der Waals surface area contributed by atoms with Crippen LogP contribution in [0.1, 0.15) is 26.2 Å². The van der Waals surface area contributed by atoms with Crippen LogP contribution in [-0.2, 0) is 4.74 Å². The summed E-state index contributed by atoms with van der Waals surface area (Å²) in [6.07, 6.45) is 5.84. The summed E-state index contributed by atoms with van der Waals surface area (Å²) in [4.78, 5) is 2.51. The molecule has 1 aliphatic rings. The van der Waals surface area contributed by atoms with Crippen LogP contribution in [-0.4, -0.2) is 37.2 Å². The van der Waals surface area contributed by atoms with Crippen LogP contribution in [0.2, 0.25) is 0 Å². The molecule has 1 rings (SSSR count). The summed E-state index contributed by atoms with van der Waals surface area (Å²) in [7, 11) is 0. The fourth-order valence-corrected chi connectivity index (χ4v) is 1.91. The van der Waals surface area contributed by atoms with Gasteiger partial charge in [-0.15, -0.1) is 6.58 Å². The molecule has 0 spiro atoms. The highest BCUT2D eigenvalue weighted by atomic mass is 16.5. The lowest BCUT2D eigenvalue weighted by Crippen LogP contribution is -2.29. The largest absolute Gasteiger partial charge is 0.382 e. The van der Waals surface area contributed by atoms with Crippen LogP contribution in [0.15, 0.2) is 12.7 Å². The quantitative estimate of drug-likeness (QED) is 0.461. The molecule has 0 unspecified atom stereocenters. The van der Waals surface area contributed by atoms with Crippen molar-refractivity contribution in [2.24, 2.45) is 0 Å². The van der Waals surface area contributed by atoms with Crippen molar-refractivity contribution in [1.82, 2.24) is 4.90 Å². The van der Waals surface area contributed by atoms with E-state index in [1.54, 1.807) is 0 Å². The summed E-state index contributed by atoms with van der Waals surface area (Å²) >= 11 is 0. The number of nitrogens with zero attached hydrogens (tertiary/aromatic N) is 1. The first-order valence-electron chi connectivity index (χ1n) is 5.32. The summed E-state index contributed by atoms with van der Waals surface area (Å²) in [6.45, 7) is 10.0. The smallest absolute Gasteiger partial charge is 0.0478 e. The maximum atomic E-state index is 5.31. The molecule has 0 aliphatic carbocycles. The van der Waals surface area contributed by atoms with E-state index < -0.39 is 0 Å². The molecule has 0 radical (unpaired) electrons. The Labute approximate surface area is 81.6 Å². The van der Waals surface area contributed by atoms with Gasteiger partial charge >= 0.3 is 0 Å².